The third-order valence-electron chi connectivity index (χ3n) is 7.24. The number of aryl methyl sites for hydroxylation is 1. The van der Waals surface area contributed by atoms with Gasteiger partial charge in [0.1, 0.15) is 18.2 Å². The third kappa shape index (κ3) is 6.00. The second-order valence-corrected chi connectivity index (χ2v) is 11.9. The zero-order valence-electron chi connectivity index (χ0n) is 24.5. The quantitative estimate of drug-likeness (QED) is 0.218. The van der Waals surface area contributed by atoms with E-state index in [-0.39, 0.29) is 23.6 Å². The van der Waals surface area contributed by atoms with E-state index in [9.17, 15) is 4.79 Å². The van der Waals surface area contributed by atoms with E-state index in [4.69, 9.17) is 10.5 Å². The molecule has 5 aromatic rings. The number of halogens is 1. The highest BCUT2D eigenvalue weighted by atomic mass is 32.1. The summed E-state index contributed by atoms with van der Waals surface area (Å²) in [5.74, 6) is -0.187. The number of amides is 1. The van der Waals surface area contributed by atoms with Crippen molar-refractivity contribution < 1.29 is 13.9 Å². The number of tetrazole rings is 1. The summed E-state index contributed by atoms with van der Waals surface area (Å²) in [7, 11) is 4.01. The maximum atomic E-state index is 15.1. The van der Waals surface area contributed by atoms with Crippen LogP contribution in [0.15, 0.2) is 31.0 Å². The van der Waals surface area contributed by atoms with Crippen molar-refractivity contribution in [3.8, 4) is 23.0 Å². The van der Waals surface area contributed by atoms with Crippen LogP contribution in [0.2, 0.25) is 0 Å². The van der Waals surface area contributed by atoms with Gasteiger partial charge in [0.2, 0.25) is 5.88 Å². The van der Waals surface area contributed by atoms with E-state index in [1.807, 2.05) is 27.1 Å². The Bertz CT molecular complexity index is 1770. The smallest absolute Gasteiger partial charge is 0.267 e. The molecule has 230 valence electrons. The topological polar surface area (TPSA) is 170 Å². The van der Waals surface area contributed by atoms with Gasteiger partial charge in [0, 0.05) is 37.4 Å². The fourth-order valence-corrected chi connectivity index (χ4v) is 6.02. The number of nitrogens with one attached hydrogen (secondary N) is 1. The molecule has 0 aliphatic carbocycles. The van der Waals surface area contributed by atoms with E-state index in [0.29, 0.717) is 40.7 Å². The van der Waals surface area contributed by atoms with E-state index in [1.54, 1.807) is 4.52 Å². The molecule has 0 aromatic carbocycles. The summed E-state index contributed by atoms with van der Waals surface area (Å²) >= 11 is 1.32. The molecule has 1 aliphatic rings. The second-order valence-electron chi connectivity index (χ2n) is 10.7. The SMILES string of the molecule is Cc1nc(OCCCN(C)C)c(C(=O)N[C@@H]2CCCN(c3cc(-c4cnc(-n5cnnn5)c(F)c4)n4ncnc(N)c34)C2)s1. The van der Waals surface area contributed by atoms with Gasteiger partial charge in [0.15, 0.2) is 22.3 Å². The van der Waals surface area contributed by atoms with Gasteiger partial charge in [-0.25, -0.2) is 23.9 Å². The highest BCUT2D eigenvalue weighted by molar-refractivity contribution is 7.13. The Labute approximate surface area is 255 Å². The van der Waals surface area contributed by atoms with Crippen LogP contribution in [0.5, 0.6) is 5.88 Å². The Hall–Kier alpha value is -4.77. The Kier molecular flexibility index (Phi) is 8.30. The number of piperidine rings is 1. The summed E-state index contributed by atoms with van der Waals surface area (Å²) in [5, 5.41) is 19.2. The molecular formula is C27H32FN13O2S. The molecule has 0 bridgehead atoms. The predicted octanol–water partition coefficient (Wildman–Crippen LogP) is 1.98. The first kappa shape index (κ1) is 29.3. The van der Waals surface area contributed by atoms with Crippen molar-refractivity contribution in [3.05, 3.63) is 46.7 Å². The van der Waals surface area contributed by atoms with Gasteiger partial charge in [-0.1, -0.05) is 0 Å². The van der Waals surface area contributed by atoms with Gasteiger partial charge in [-0.2, -0.15) is 9.78 Å². The minimum atomic E-state index is -0.603. The average Bonchev–Trinajstić information content (AvgIpc) is 3.75. The Morgan fingerprint density at radius 2 is 2.16 bits per heavy atom. The molecule has 15 nitrogen and oxygen atoms in total. The number of pyridine rings is 1. The number of hydrogen-bond donors (Lipinski definition) is 2. The van der Waals surface area contributed by atoms with Gasteiger partial charge >= 0.3 is 0 Å². The number of nitrogens with two attached hydrogens (primary N) is 1. The molecule has 3 N–H and O–H groups in total. The normalized spacial score (nSPS) is 15.3. The van der Waals surface area contributed by atoms with Crippen LogP contribution < -0.4 is 20.7 Å². The molecule has 1 saturated heterocycles. The molecule has 0 saturated carbocycles. The number of thiazole rings is 1. The van der Waals surface area contributed by atoms with E-state index in [0.717, 1.165) is 47.7 Å². The molecule has 0 radical (unpaired) electrons. The van der Waals surface area contributed by atoms with Crippen LogP contribution in [0.4, 0.5) is 15.9 Å². The van der Waals surface area contributed by atoms with Gasteiger partial charge in [-0.05, 0) is 62.8 Å². The summed E-state index contributed by atoms with van der Waals surface area (Å²) in [6, 6.07) is 3.10. The van der Waals surface area contributed by atoms with Gasteiger partial charge < -0.3 is 25.6 Å². The molecule has 1 aliphatic heterocycles. The number of fused-ring (bicyclic) bond motifs is 1. The summed E-state index contributed by atoms with van der Waals surface area (Å²) in [5.41, 5.74) is 8.78. The molecule has 5 aromatic heterocycles. The fraction of sp³-hybridized carbons (Fsp3) is 0.407. The Morgan fingerprint density at radius 1 is 1.30 bits per heavy atom. The lowest BCUT2D eigenvalue weighted by atomic mass is 10.0. The maximum Gasteiger partial charge on any atom is 0.267 e. The largest absolute Gasteiger partial charge is 0.476 e. The molecule has 17 heteroatoms. The minimum absolute atomic E-state index is 0.0261. The lowest BCUT2D eigenvalue weighted by molar-refractivity contribution is 0.0933. The van der Waals surface area contributed by atoms with Crippen molar-refractivity contribution in [2.24, 2.45) is 0 Å². The minimum Gasteiger partial charge on any atom is -0.476 e. The molecule has 1 fully saturated rings. The zero-order chi connectivity index (χ0) is 30.8. The van der Waals surface area contributed by atoms with E-state index < -0.39 is 5.82 Å². The first-order valence-electron chi connectivity index (χ1n) is 14.1. The van der Waals surface area contributed by atoms with Crippen LogP contribution in [0.25, 0.3) is 22.6 Å². The molecule has 0 spiro atoms. The van der Waals surface area contributed by atoms with Crippen LogP contribution in [0.3, 0.4) is 0 Å². The van der Waals surface area contributed by atoms with Crippen LogP contribution in [0.1, 0.15) is 33.9 Å². The lowest BCUT2D eigenvalue weighted by Crippen LogP contribution is -2.47. The molecule has 6 heterocycles. The van der Waals surface area contributed by atoms with Crippen molar-refractivity contribution in [2.75, 3.05) is 51.0 Å². The predicted molar refractivity (Wildman–Crippen MR) is 162 cm³/mol. The van der Waals surface area contributed by atoms with Gasteiger partial charge in [-0.3, -0.25) is 4.79 Å². The number of nitrogens with zero attached hydrogens (tertiary/aromatic N) is 11. The first-order chi connectivity index (χ1) is 21.3. The Morgan fingerprint density at radius 3 is 2.93 bits per heavy atom. The van der Waals surface area contributed by atoms with E-state index in [1.165, 1.54) is 36.3 Å². The summed E-state index contributed by atoms with van der Waals surface area (Å²) in [6.07, 6.45) is 6.61. The van der Waals surface area contributed by atoms with Gasteiger partial charge in [0.25, 0.3) is 5.91 Å². The van der Waals surface area contributed by atoms with Crippen LogP contribution in [0, 0.1) is 12.7 Å². The van der Waals surface area contributed by atoms with Crippen LogP contribution in [-0.2, 0) is 0 Å². The highest BCUT2D eigenvalue weighted by Gasteiger charge is 2.28. The molecular weight excluding hydrogens is 589 g/mol. The number of carbonyl (C=O) groups is 1. The molecule has 1 atom stereocenters. The van der Waals surface area contributed by atoms with Crippen molar-refractivity contribution in [3.63, 3.8) is 0 Å². The number of hydrogen-bond acceptors (Lipinski definition) is 13. The van der Waals surface area contributed by atoms with Crippen molar-refractivity contribution in [1.82, 2.24) is 55.0 Å². The number of anilines is 2. The van der Waals surface area contributed by atoms with Gasteiger partial charge in [0.05, 0.1) is 23.0 Å². The fourth-order valence-electron chi connectivity index (χ4n) is 5.26. The number of aromatic nitrogens is 9. The third-order valence-corrected chi connectivity index (χ3v) is 8.19. The van der Waals surface area contributed by atoms with E-state index in [2.05, 4.69) is 50.7 Å². The van der Waals surface area contributed by atoms with Crippen molar-refractivity contribution in [2.45, 2.75) is 32.2 Å². The number of carbonyl (C=O) groups excluding carboxylic acids is 1. The first-order valence-corrected chi connectivity index (χ1v) is 14.9. The zero-order valence-corrected chi connectivity index (χ0v) is 25.3. The molecule has 0 unspecified atom stereocenters. The summed E-state index contributed by atoms with van der Waals surface area (Å²) in [6.45, 7) is 4.48. The van der Waals surface area contributed by atoms with Crippen molar-refractivity contribution in [1.29, 1.82) is 0 Å². The molecule has 44 heavy (non-hydrogen) atoms. The lowest BCUT2D eigenvalue weighted by Gasteiger charge is -2.34. The summed E-state index contributed by atoms with van der Waals surface area (Å²) in [4.78, 5) is 31.0. The Balaban J connectivity index is 1.22. The second kappa shape index (κ2) is 12.5. The monoisotopic (exact) mass is 621 g/mol. The maximum absolute atomic E-state index is 15.1. The van der Waals surface area contributed by atoms with Crippen LogP contribution >= 0.6 is 11.3 Å². The van der Waals surface area contributed by atoms with Gasteiger partial charge in [-0.15, -0.1) is 16.4 Å². The highest BCUT2D eigenvalue weighted by Crippen LogP contribution is 2.35. The number of rotatable bonds is 10. The molecule has 1 amide bonds. The number of nitrogen functional groups attached to an aromatic ring is 1. The molecule has 6 rings (SSSR count). The standard InChI is InChI=1S/C27H32FN13O2S/c1-16-34-27(43-9-5-7-38(2)3)23(44-16)26(42)35-18-6-4-8-39(13-18)21-11-20(41-22(21)24(29)31-14-33-41)17-10-19(28)25(30-12-17)40-15-32-36-37-40/h10-12,14-15,18H,4-9,13H2,1-3H3,(H,35,42)(H2,29,31,33)/t18-/m1/s1. The van der Waals surface area contributed by atoms with E-state index >= 15 is 4.39 Å². The average molecular weight is 622 g/mol. The van der Waals surface area contributed by atoms with Crippen molar-refractivity contribution >= 4 is 34.3 Å². The van der Waals surface area contributed by atoms with Crippen LogP contribution in [-0.4, -0.2) is 102 Å². The number of ether oxygens (including phenoxy) is 1. The summed E-state index contributed by atoms with van der Waals surface area (Å²) < 4.78 is 23.8.